The third kappa shape index (κ3) is 3.19. The molecule has 2 heterocycles. The summed E-state index contributed by atoms with van der Waals surface area (Å²) in [7, 11) is 0. The number of hydrogen-bond donors (Lipinski definition) is 0. The number of hydrogen-bond acceptors (Lipinski definition) is 2. The van der Waals surface area contributed by atoms with Gasteiger partial charge in [0.2, 0.25) is 11.8 Å². The second kappa shape index (κ2) is 6.96. The summed E-state index contributed by atoms with van der Waals surface area (Å²) in [5, 5.41) is 0. The van der Waals surface area contributed by atoms with Gasteiger partial charge in [-0.25, -0.2) is 0 Å². The molecule has 2 amide bonds. The van der Waals surface area contributed by atoms with E-state index in [4.69, 9.17) is 0 Å². The van der Waals surface area contributed by atoms with Crippen LogP contribution in [0.2, 0.25) is 0 Å². The molecule has 2 saturated heterocycles. The van der Waals surface area contributed by atoms with Gasteiger partial charge in [-0.15, -0.1) is 0 Å². The van der Waals surface area contributed by atoms with Gasteiger partial charge in [0, 0.05) is 31.2 Å². The average Bonchev–Trinajstić information content (AvgIpc) is 2.98. The van der Waals surface area contributed by atoms with E-state index in [0.717, 1.165) is 31.5 Å². The van der Waals surface area contributed by atoms with Crippen LogP contribution in [0.1, 0.15) is 50.2 Å². The summed E-state index contributed by atoms with van der Waals surface area (Å²) in [4.78, 5) is 29.3. The van der Waals surface area contributed by atoms with Gasteiger partial charge in [-0.3, -0.25) is 9.59 Å². The number of amides is 2. The first-order valence-corrected chi connectivity index (χ1v) is 9.19. The van der Waals surface area contributed by atoms with E-state index in [1.807, 2.05) is 17.0 Å². The van der Waals surface area contributed by atoms with Crippen molar-refractivity contribution in [1.29, 1.82) is 0 Å². The van der Waals surface area contributed by atoms with Crippen LogP contribution in [0.25, 0.3) is 0 Å². The average molecular weight is 328 g/mol. The van der Waals surface area contributed by atoms with Gasteiger partial charge in [0.05, 0.1) is 5.92 Å². The molecule has 2 atom stereocenters. The number of anilines is 1. The summed E-state index contributed by atoms with van der Waals surface area (Å²) in [6.45, 7) is 7.65. The normalized spacial score (nSPS) is 24.5. The monoisotopic (exact) mass is 328 g/mol. The van der Waals surface area contributed by atoms with Crippen molar-refractivity contribution in [2.75, 3.05) is 18.0 Å². The second-order valence-electron chi connectivity index (χ2n) is 7.26. The Balaban J connectivity index is 1.74. The highest BCUT2D eigenvalue weighted by Crippen LogP contribution is 2.30. The maximum Gasteiger partial charge on any atom is 0.228 e. The molecule has 2 aliphatic heterocycles. The number of likely N-dealkylation sites (tertiary alicyclic amines) is 1. The lowest BCUT2D eigenvalue weighted by molar-refractivity contribution is -0.139. The van der Waals surface area contributed by atoms with E-state index in [2.05, 4.69) is 26.8 Å². The SMILES string of the molecule is CC[C@@H]1CCCCN1C(=O)[C@H]1CC(=O)N(c2ccc(C)c(C)c2)C1. The van der Waals surface area contributed by atoms with Crippen LogP contribution < -0.4 is 4.90 Å². The van der Waals surface area contributed by atoms with E-state index < -0.39 is 0 Å². The van der Waals surface area contributed by atoms with Gasteiger partial charge in [-0.05, 0) is 62.8 Å². The molecule has 1 aromatic carbocycles. The summed E-state index contributed by atoms with van der Waals surface area (Å²) in [6.07, 6.45) is 4.75. The van der Waals surface area contributed by atoms with Crippen LogP contribution in [0.5, 0.6) is 0 Å². The van der Waals surface area contributed by atoms with Crippen LogP contribution in [0.4, 0.5) is 5.69 Å². The van der Waals surface area contributed by atoms with Crippen molar-refractivity contribution in [1.82, 2.24) is 4.90 Å². The minimum absolute atomic E-state index is 0.0710. The van der Waals surface area contributed by atoms with Gasteiger partial charge in [0.25, 0.3) is 0 Å². The van der Waals surface area contributed by atoms with E-state index in [9.17, 15) is 9.59 Å². The molecule has 2 aliphatic rings. The molecule has 4 heteroatoms. The Hall–Kier alpha value is -1.84. The first-order valence-electron chi connectivity index (χ1n) is 9.19. The number of rotatable bonds is 3. The predicted octanol–water partition coefficient (Wildman–Crippen LogP) is 3.45. The van der Waals surface area contributed by atoms with E-state index in [1.54, 1.807) is 4.90 Å². The fourth-order valence-electron chi connectivity index (χ4n) is 3.97. The summed E-state index contributed by atoms with van der Waals surface area (Å²) in [5.41, 5.74) is 3.32. The molecule has 0 radical (unpaired) electrons. The predicted molar refractivity (Wildman–Crippen MR) is 96.0 cm³/mol. The molecular formula is C20H28N2O2. The minimum Gasteiger partial charge on any atom is -0.339 e. The minimum atomic E-state index is -0.189. The van der Waals surface area contributed by atoms with Gasteiger partial charge in [-0.2, -0.15) is 0 Å². The Kier molecular flexibility index (Phi) is 4.93. The van der Waals surface area contributed by atoms with Crippen molar-refractivity contribution < 1.29 is 9.59 Å². The van der Waals surface area contributed by atoms with E-state index >= 15 is 0 Å². The summed E-state index contributed by atoms with van der Waals surface area (Å²) >= 11 is 0. The molecule has 24 heavy (non-hydrogen) atoms. The van der Waals surface area contributed by atoms with Crippen LogP contribution in [0.15, 0.2) is 18.2 Å². The number of carbonyl (C=O) groups is 2. The molecular weight excluding hydrogens is 300 g/mol. The Morgan fingerprint density at radius 3 is 2.71 bits per heavy atom. The lowest BCUT2D eigenvalue weighted by Gasteiger charge is -2.36. The highest BCUT2D eigenvalue weighted by Gasteiger charge is 2.39. The molecule has 0 unspecified atom stereocenters. The summed E-state index contributed by atoms with van der Waals surface area (Å²) < 4.78 is 0. The van der Waals surface area contributed by atoms with Crippen molar-refractivity contribution in [3.05, 3.63) is 29.3 Å². The molecule has 0 spiro atoms. The lowest BCUT2D eigenvalue weighted by atomic mass is 9.97. The fourth-order valence-corrected chi connectivity index (χ4v) is 3.97. The zero-order valence-corrected chi connectivity index (χ0v) is 15.0. The molecule has 0 N–H and O–H groups in total. The third-order valence-electron chi connectivity index (χ3n) is 5.66. The van der Waals surface area contributed by atoms with E-state index in [1.165, 1.54) is 17.5 Å². The third-order valence-corrected chi connectivity index (χ3v) is 5.66. The number of aryl methyl sites for hydroxylation is 2. The molecule has 0 bridgehead atoms. The lowest BCUT2D eigenvalue weighted by Crippen LogP contribution is -2.46. The zero-order chi connectivity index (χ0) is 17.3. The van der Waals surface area contributed by atoms with Gasteiger partial charge < -0.3 is 9.80 Å². The van der Waals surface area contributed by atoms with E-state index in [-0.39, 0.29) is 17.7 Å². The van der Waals surface area contributed by atoms with Crippen LogP contribution in [0, 0.1) is 19.8 Å². The number of carbonyl (C=O) groups excluding carboxylic acids is 2. The topological polar surface area (TPSA) is 40.6 Å². The van der Waals surface area contributed by atoms with Crippen LogP contribution >= 0.6 is 0 Å². The van der Waals surface area contributed by atoms with Gasteiger partial charge in [0.1, 0.15) is 0 Å². The quantitative estimate of drug-likeness (QED) is 0.853. The first kappa shape index (κ1) is 17.0. The van der Waals surface area contributed by atoms with Crippen molar-refractivity contribution in [2.24, 2.45) is 5.92 Å². The first-order chi connectivity index (χ1) is 11.5. The Morgan fingerprint density at radius 1 is 1.21 bits per heavy atom. The number of nitrogens with zero attached hydrogens (tertiary/aromatic N) is 2. The van der Waals surface area contributed by atoms with Gasteiger partial charge in [-0.1, -0.05) is 13.0 Å². The highest BCUT2D eigenvalue weighted by atomic mass is 16.2. The van der Waals surface area contributed by atoms with Crippen molar-refractivity contribution in [3.63, 3.8) is 0 Å². The van der Waals surface area contributed by atoms with Crippen LogP contribution in [-0.4, -0.2) is 35.8 Å². The zero-order valence-electron chi connectivity index (χ0n) is 15.0. The molecule has 130 valence electrons. The number of benzene rings is 1. The molecule has 1 aromatic rings. The highest BCUT2D eigenvalue weighted by molar-refractivity contribution is 6.00. The van der Waals surface area contributed by atoms with Gasteiger partial charge in [0.15, 0.2) is 0 Å². The molecule has 0 aliphatic carbocycles. The summed E-state index contributed by atoms with van der Waals surface area (Å²) in [6, 6.07) is 6.45. The maximum absolute atomic E-state index is 13.0. The largest absolute Gasteiger partial charge is 0.339 e. The molecule has 3 rings (SSSR count). The van der Waals surface area contributed by atoms with Crippen LogP contribution in [-0.2, 0) is 9.59 Å². The van der Waals surface area contributed by atoms with E-state index in [0.29, 0.717) is 19.0 Å². The summed E-state index contributed by atoms with van der Waals surface area (Å²) in [5.74, 6) is 0.0640. The maximum atomic E-state index is 13.0. The van der Waals surface area contributed by atoms with Crippen molar-refractivity contribution in [3.8, 4) is 0 Å². The Labute approximate surface area is 144 Å². The molecule has 2 fully saturated rings. The standard InChI is InChI=1S/C20H28N2O2/c1-4-17-7-5-6-10-21(17)20(24)16-12-19(23)22(13-16)18-9-8-14(2)15(3)11-18/h8-9,11,16-17H,4-7,10,12-13H2,1-3H3/t16-,17+/m0/s1. The molecule has 0 saturated carbocycles. The Morgan fingerprint density at radius 2 is 2.00 bits per heavy atom. The molecule has 4 nitrogen and oxygen atoms in total. The molecule has 0 aromatic heterocycles. The Bertz CT molecular complexity index is 641. The van der Waals surface area contributed by atoms with Gasteiger partial charge >= 0.3 is 0 Å². The smallest absolute Gasteiger partial charge is 0.228 e. The van der Waals surface area contributed by atoms with Crippen LogP contribution in [0.3, 0.4) is 0 Å². The fraction of sp³-hybridized carbons (Fsp3) is 0.600. The second-order valence-corrected chi connectivity index (χ2v) is 7.26. The van der Waals surface area contributed by atoms with Crippen molar-refractivity contribution >= 4 is 17.5 Å². The number of piperidine rings is 1. The van der Waals surface area contributed by atoms with Crippen molar-refractivity contribution in [2.45, 2.75) is 58.9 Å².